The third-order valence-electron chi connectivity index (χ3n) is 1.37. The van der Waals surface area contributed by atoms with E-state index in [0.717, 1.165) is 0 Å². The molecular formula is C9H14N2O. The summed E-state index contributed by atoms with van der Waals surface area (Å²) in [6.07, 6.45) is 1.49. The Hall–Kier alpha value is -1.38. The number of aliphatic imine (C=N–C) groups is 1. The van der Waals surface area contributed by atoms with E-state index in [9.17, 15) is 4.79 Å². The molecule has 0 spiro atoms. The zero-order chi connectivity index (χ0) is 9.56. The van der Waals surface area contributed by atoms with E-state index in [4.69, 9.17) is 0 Å². The molecule has 3 nitrogen and oxygen atoms in total. The highest BCUT2D eigenvalue weighted by atomic mass is 16.1. The summed E-state index contributed by atoms with van der Waals surface area (Å²) in [4.78, 5) is 14.5. The topological polar surface area (TPSA) is 41.5 Å². The van der Waals surface area contributed by atoms with Gasteiger partial charge in [0.15, 0.2) is 0 Å². The number of nitrogens with zero attached hydrogens (tertiary/aromatic N) is 1. The zero-order valence-corrected chi connectivity index (χ0v) is 7.55. The molecule has 12 heavy (non-hydrogen) atoms. The van der Waals surface area contributed by atoms with E-state index in [2.05, 4.69) is 23.6 Å². The maximum absolute atomic E-state index is 10.8. The van der Waals surface area contributed by atoms with Crippen LogP contribution in [0.4, 0.5) is 0 Å². The number of hydrogen-bond donors (Lipinski definition) is 1. The van der Waals surface area contributed by atoms with Crippen LogP contribution >= 0.6 is 0 Å². The maximum Gasteiger partial charge on any atom is 0.253 e. The summed E-state index contributed by atoms with van der Waals surface area (Å²) in [6.45, 7) is 11.3. The molecule has 66 valence electrons. The molecule has 0 aliphatic carbocycles. The van der Waals surface area contributed by atoms with Crippen molar-refractivity contribution in [2.45, 2.75) is 13.8 Å². The first kappa shape index (κ1) is 10.6. The Morgan fingerprint density at radius 1 is 1.58 bits per heavy atom. The molecule has 1 N–H and O–H groups in total. The van der Waals surface area contributed by atoms with Crippen molar-refractivity contribution < 1.29 is 4.79 Å². The van der Waals surface area contributed by atoms with E-state index in [1.165, 1.54) is 6.08 Å². The standard InChI is InChI=1S/C7H8N2O.C2H6/c1-3-5-6(8-2)4-9-7(5)10;1-2/h3H,1-2,4H2,(H,9,10);1-2H3. The molecule has 1 heterocycles. The van der Waals surface area contributed by atoms with Crippen LogP contribution in [-0.2, 0) is 4.79 Å². The quantitative estimate of drug-likeness (QED) is 0.617. The van der Waals surface area contributed by atoms with Crippen LogP contribution in [0.2, 0.25) is 0 Å². The summed E-state index contributed by atoms with van der Waals surface area (Å²) in [7, 11) is 0. The molecule has 1 rings (SSSR count). The Morgan fingerprint density at radius 2 is 2.17 bits per heavy atom. The molecule has 0 aromatic heterocycles. The molecule has 0 unspecified atom stereocenters. The normalized spacial score (nSPS) is 14.7. The summed E-state index contributed by atoms with van der Waals surface area (Å²) in [5.41, 5.74) is 1.22. The van der Waals surface area contributed by atoms with Gasteiger partial charge in [0.05, 0.1) is 17.8 Å². The maximum atomic E-state index is 10.8. The fourth-order valence-corrected chi connectivity index (χ4v) is 0.837. The average molecular weight is 166 g/mol. The smallest absolute Gasteiger partial charge is 0.253 e. The van der Waals surface area contributed by atoms with Gasteiger partial charge in [-0.2, -0.15) is 0 Å². The summed E-state index contributed by atoms with van der Waals surface area (Å²) in [6, 6.07) is 0. The summed E-state index contributed by atoms with van der Waals surface area (Å²) in [5, 5.41) is 2.60. The van der Waals surface area contributed by atoms with E-state index in [1.807, 2.05) is 13.8 Å². The van der Waals surface area contributed by atoms with Crippen molar-refractivity contribution in [1.29, 1.82) is 0 Å². The van der Waals surface area contributed by atoms with Gasteiger partial charge in [0.25, 0.3) is 5.91 Å². The van der Waals surface area contributed by atoms with Crippen molar-refractivity contribution in [2.75, 3.05) is 6.54 Å². The average Bonchev–Trinajstić information content (AvgIpc) is 2.49. The Labute approximate surface area is 72.9 Å². The van der Waals surface area contributed by atoms with Gasteiger partial charge in [-0.15, -0.1) is 0 Å². The minimum atomic E-state index is -0.114. The van der Waals surface area contributed by atoms with Crippen molar-refractivity contribution in [3.8, 4) is 0 Å². The molecule has 0 bridgehead atoms. The minimum absolute atomic E-state index is 0.114. The number of rotatable bonds is 2. The van der Waals surface area contributed by atoms with Gasteiger partial charge in [-0.1, -0.05) is 26.5 Å². The van der Waals surface area contributed by atoms with Crippen molar-refractivity contribution in [2.24, 2.45) is 4.99 Å². The number of hydrogen-bond acceptors (Lipinski definition) is 2. The lowest BCUT2D eigenvalue weighted by Crippen LogP contribution is -2.16. The third-order valence-corrected chi connectivity index (χ3v) is 1.37. The number of carbonyl (C=O) groups is 1. The van der Waals surface area contributed by atoms with Crippen molar-refractivity contribution in [3.63, 3.8) is 0 Å². The molecule has 1 aliphatic heterocycles. The molecule has 0 radical (unpaired) electrons. The van der Waals surface area contributed by atoms with Crippen LogP contribution in [0.5, 0.6) is 0 Å². The molecule has 0 saturated heterocycles. The van der Waals surface area contributed by atoms with E-state index in [0.29, 0.717) is 17.8 Å². The van der Waals surface area contributed by atoms with Gasteiger partial charge < -0.3 is 5.32 Å². The Kier molecular flexibility index (Phi) is 4.69. The predicted molar refractivity (Wildman–Crippen MR) is 51.1 cm³/mol. The van der Waals surface area contributed by atoms with Crippen LogP contribution in [0.1, 0.15) is 13.8 Å². The van der Waals surface area contributed by atoms with Crippen LogP contribution in [0.15, 0.2) is 28.9 Å². The van der Waals surface area contributed by atoms with Crippen LogP contribution in [0.3, 0.4) is 0 Å². The lowest BCUT2D eigenvalue weighted by molar-refractivity contribution is -0.116. The largest absolute Gasteiger partial charge is 0.346 e. The van der Waals surface area contributed by atoms with Gasteiger partial charge in [0.2, 0.25) is 0 Å². The first-order valence-electron chi connectivity index (χ1n) is 3.90. The Balaban J connectivity index is 0.000000561. The summed E-state index contributed by atoms with van der Waals surface area (Å²) < 4.78 is 0. The molecule has 0 aromatic carbocycles. The zero-order valence-electron chi connectivity index (χ0n) is 7.55. The molecule has 0 atom stereocenters. The molecule has 1 amide bonds. The van der Waals surface area contributed by atoms with Crippen LogP contribution in [0.25, 0.3) is 0 Å². The highest BCUT2D eigenvalue weighted by molar-refractivity contribution is 5.99. The Morgan fingerprint density at radius 3 is 2.50 bits per heavy atom. The van der Waals surface area contributed by atoms with Gasteiger partial charge in [-0.25, -0.2) is 0 Å². The van der Waals surface area contributed by atoms with Crippen LogP contribution < -0.4 is 5.32 Å². The van der Waals surface area contributed by atoms with Gasteiger partial charge >= 0.3 is 0 Å². The molecule has 0 aromatic rings. The highest BCUT2D eigenvalue weighted by Gasteiger charge is 2.17. The molecule has 1 aliphatic rings. The van der Waals surface area contributed by atoms with Gasteiger partial charge in [-0.05, 0) is 6.72 Å². The highest BCUT2D eigenvalue weighted by Crippen LogP contribution is 2.11. The van der Waals surface area contributed by atoms with Crippen LogP contribution in [0, 0.1) is 0 Å². The molecular weight excluding hydrogens is 152 g/mol. The van der Waals surface area contributed by atoms with E-state index in [-0.39, 0.29) is 5.91 Å². The number of amides is 1. The summed E-state index contributed by atoms with van der Waals surface area (Å²) >= 11 is 0. The van der Waals surface area contributed by atoms with E-state index < -0.39 is 0 Å². The van der Waals surface area contributed by atoms with Crippen LogP contribution in [-0.4, -0.2) is 19.2 Å². The fourth-order valence-electron chi connectivity index (χ4n) is 0.837. The molecule has 3 heteroatoms. The van der Waals surface area contributed by atoms with Crippen molar-refractivity contribution in [3.05, 3.63) is 23.9 Å². The monoisotopic (exact) mass is 166 g/mol. The SMILES string of the molecule is C=CC1=C(N=C)CNC1=O.CC. The lowest BCUT2D eigenvalue weighted by Gasteiger charge is -1.87. The Bertz CT molecular complexity index is 229. The predicted octanol–water partition coefficient (Wildman–Crippen LogP) is 1.28. The fraction of sp³-hybridized carbons (Fsp3) is 0.333. The summed E-state index contributed by atoms with van der Waals surface area (Å²) in [5.74, 6) is -0.114. The second kappa shape index (κ2) is 5.29. The van der Waals surface area contributed by atoms with Gasteiger partial charge in [0, 0.05) is 0 Å². The van der Waals surface area contributed by atoms with Crippen molar-refractivity contribution >= 4 is 12.6 Å². The minimum Gasteiger partial charge on any atom is -0.346 e. The van der Waals surface area contributed by atoms with Gasteiger partial charge in [0.1, 0.15) is 0 Å². The van der Waals surface area contributed by atoms with E-state index >= 15 is 0 Å². The second-order valence-corrected chi connectivity index (χ2v) is 1.91. The number of nitrogens with one attached hydrogen (secondary N) is 1. The molecule has 0 fully saturated rings. The number of carbonyl (C=O) groups excluding carboxylic acids is 1. The van der Waals surface area contributed by atoms with Gasteiger partial charge in [-0.3, -0.25) is 9.79 Å². The van der Waals surface area contributed by atoms with E-state index in [1.54, 1.807) is 0 Å². The second-order valence-electron chi connectivity index (χ2n) is 1.91. The first-order valence-corrected chi connectivity index (χ1v) is 3.90. The third kappa shape index (κ3) is 2.05. The lowest BCUT2D eigenvalue weighted by atomic mass is 10.2. The first-order chi connectivity index (χ1) is 5.79. The van der Waals surface area contributed by atoms with Crippen molar-refractivity contribution in [1.82, 2.24) is 5.32 Å². The molecule has 0 saturated carbocycles.